The van der Waals surface area contributed by atoms with Gasteiger partial charge in [0.15, 0.2) is 0 Å². The molecular formula is C14H26N4O5S. The van der Waals surface area contributed by atoms with Crippen LogP contribution in [0.5, 0.6) is 0 Å². The van der Waals surface area contributed by atoms with Crippen LogP contribution < -0.4 is 22.1 Å². The number of nitrogens with two attached hydrogens (primary N) is 2. The Morgan fingerprint density at radius 3 is 2.12 bits per heavy atom. The molecule has 0 heterocycles. The van der Waals surface area contributed by atoms with E-state index >= 15 is 0 Å². The minimum Gasteiger partial charge on any atom is -0.480 e. The molecule has 0 aromatic rings. The van der Waals surface area contributed by atoms with Gasteiger partial charge in [0, 0.05) is 0 Å². The van der Waals surface area contributed by atoms with Crippen molar-refractivity contribution in [1.82, 2.24) is 10.6 Å². The number of aliphatic carboxylic acids is 1. The number of primary amides is 1. The van der Waals surface area contributed by atoms with Gasteiger partial charge in [0.2, 0.25) is 17.7 Å². The Bertz CT molecular complexity index is 472. The molecule has 0 aliphatic carbocycles. The lowest BCUT2D eigenvalue weighted by molar-refractivity contribution is -0.142. The van der Waals surface area contributed by atoms with Gasteiger partial charge in [-0.3, -0.25) is 14.4 Å². The zero-order chi connectivity index (χ0) is 18.9. The highest BCUT2D eigenvalue weighted by atomic mass is 32.2. The van der Waals surface area contributed by atoms with E-state index in [4.69, 9.17) is 16.6 Å². The summed E-state index contributed by atoms with van der Waals surface area (Å²) in [5, 5.41) is 14.0. The predicted octanol–water partition coefficient (Wildman–Crippen LogP) is -1.35. The smallest absolute Gasteiger partial charge is 0.326 e. The van der Waals surface area contributed by atoms with Crippen LogP contribution in [0.4, 0.5) is 0 Å². The molecule has 0 saturated heterocycles. The predicted molar refractivity (Wildman–Crippen MR) is 91.1 cm³/mol. The second-order valence-corrected chi connectivity index (χ2v) is 6.67. The third-order valence-corrected chi connectivity index (χ3v) is 3.87. The van der Waals surface area contributed by atoms with Crippen LogP contribution in [0.15, 0.2) is 0 Å². The largest absolute Gasteiger partial charge is 0.480 e. The lowest BCUT2D eigenvalue weighted by atomic mass is 10.0. The van der Waals surface area contributed by atoms with Crippen LogP contribution >= 0.6 is 11.8 Å². The highest BCUT2D eigenvalue weighted by Gasteiger charge is 2.30. The fourth-order valence-electron chi connectivity index (χ4n) is 1.86. The second kappa shape index (κ2) is 10.9. The summed E-state index contributed by atoms with van der Waals surface area (Å²) in [6.07, 6.45) is 1.75. The second-order valence-electron chi connectivity index (χ2n) is 5.69. The van der Waals surface area contributed by atoms with Crippen molar-refractivity contribution < 1.29 is 24.3 Å². The zero-order valence-corrected chi connectivity index (χ0v) is 14.9. The highest BCUT2D eigenvalue weighted by Crippen LogP contribution is 2.06. The summed E-state index contributed by atoms with van der Waals surface area (Å²) in [5.74, 6) is -2.91. The van der Waals surface area contributed by atoms with E-state index in [1.165, 1.54) is 11.8 Å². The van der Waals surface area contributed by atoms with E-state index in [0.29, 0.717) is 5.75 Å². The topological polar surface area (TPSA) is 165 Å². The Morgan fingerprint density at radius 2 is 1.71 bits per heavy atom. The van der Waals surface area contributed by atoms with Crippen LogP contribution in [0.3, 0.4) is 0 Å². The maximum absolute atomic E-state index is 12.3. The third kappa shape index (κ3) is 8.16. The van der Waals surface area contributed by atoms with Crippen LogP contribution in [-0.2, 0) is 19.2 Å². The summed E-state index contributed by atoms with van der Waals surface area (Å²) in [5.41, 5.74) is 10.5. The Hall–Kier alpha value is -1.81. The fraction of sp³-hybridized carbons (Fsp3) is 0.714. The molecule has 0 radical (unpaired) electrons. The van der Waals surface area contributed by atoms with Gasteiger partial charge in [-0.2, -0.15) is 11.8 Å². The van der Waals surface area contributed by atoms with Gasteiger partial charge in [0.1, 0.15) is 12.1 Å². The summed E-state index contributed by atoms with van der Waals surface area (Å²) in [6.45, 7) is 3.39. The van der Waals surface area contributed by atoms with Gasteiger partial charge in [0.25, 0.3) is 0 Å². The van der Waals surface area contributed by atoms with Crippen molar-refractivity contribution in [1.29, 1.82) is 0 Å². The number of carboxylic acid groups (broad SMARTS) is 1. The number of hydrogen-bond acceptors (Lipinski definition) is 6. The minimum absolute atomic E-state index is 0.266. The van der Waals surface area contributed by atoms with Crippen molar-refractivity contribution in [3.63, 3.8) is 0 Å². The van der Waals surface area contributed by atoms with Crippen molar-refractivity contribution in [2.45, 2.75) is 44.8 Å². The van der Waals surface area contributed by atoms with Gasteiger partial charge in [-0.1, -0.05) is 13.8 Å². The molecule has 3 unspecified atom stereocenters. The first kappa shape index (κ1) is 22.2. The molecule has 0 aromatic heterocycles. The molecule has 9 nitrogen and oxygen atoms in total. The summed E-state index contributed by atoms with van der Waals surface area (Å²) >= 11 is 1.46. The normalized spacial score (nSPS) is 14.5. The summed E-state index contributed by atoms with van der Waals surface area (Å²) < 4.78 is 0. The Kier molecular flexibility index (Phi) is 10.0. The third-order valence-electron chi connectivity index (χ3n) is 3.23. The van der Waals surface area contributed by atoms with E-state index in [1.807, 2.05) is 6.26 Å². The van der Waals surface area contributed by atoms with E-state index in [9.17, 15) is 19.2 Å². The van der Waals surface area contributed by atoms with Crippen LogP contribution in [0.1, 0.15) is 26.7 Å². The summed E-state index contributed by atoms with van der Waals surface area (Å²) in [4.78, 5) is 46.3. The number of hydrogen-bond donors (Lipinski definition) is 5. The van der Waals surface area contributed by atoms with Crippen molar-refractivity contribution >= 4 is 35.5 Å². The maximum atomic E-state index is 12.3. The fourth-order valence-corrected chi connectivity index (χ4v) is 2.33. The first-order valence-corrected chi connectivity index (χ1v) is 8.85. The molecule has 10 heteroatoms. The molecule has 0 bridgehead atoms. The molecule has 0 fully saturated rings. The minimum atomic E-state index is -1.16. The van der Waals surface area contributed by atoms with Crippen LogP contribution in [0.25, 0.3) is 0 Å². The molecule has 0 saturated carbocycles. The molecule has 0 rings (SSSR count). The number of nitrogens with one attached hydrogen (secondary N) is 2. The lowest BCUT2D eigenvalue weighted by Crippen LogP contribution is -2.56. The lowest BCUT2D eigenvalue weighted by Gasteiger charge is -2.25. The Balaban J connectivity index is 4.90. The number of carboxylic acids is 1. The molecule has 3 atom stereocenters. The number of rotatable bonds is 11. The van der Waals surface area contributed by atoms with E-state index < -0.39 is 41.8 Å². The van der Waals surface area contributed by atoms with Crippen molar-refractivity contribution in [3.8, 4) is 0 Å². The SMILES string of the molecule is CSCCC(NC(=O)C(NC(=O)C(N)CC(N)=O)C(C)C)C(=O)O. The van der Waals surface area contributed by atoms with E-state index in [0.717, 1.165) is 0 Å². The quantitative estimate of drug-likeness (QED) is 0.303. The zero-order valence-electron chi connectivity index (χ0n) is 14.1. The molecule has 24 heavy (non-hydrogen) atoms. The van der Waals surface area contributed by atoms with Crippen molar-refractivity contribution in [3.05, 3.63) is 0 Å². The molecule has 3 amide bonds. The van der Waals surface area contributed by atoms with Gasteiger partial charge in [-0.25, -0.2) is 4.79 Å². The number of amides is 3. The maximum Gasteiger partial charge on any atom is 0.326 e. The van der Waals surface area contributed by atoms with Crippen LogP contribution in [-0.4, -0.2) is 58.9 Å². The monoisotopic (exact) mass is 362 g/mol. The average Bonchev–Trinajstić information content (AvgIpc) is 2.46. The number of thioether (sulfide) groups is 1. The summed E-state index contributed by atoms with van der Waals surface area (Å²) in [6, 6.07) is -3.17. The number of carbonyl (C=O) groups is 4. The van der Waals surface area contributed by atoms with E-state index in [2.05, 4.69) is 10.6 Å². The standard InChI is InChI=1S/C14H26N4O5S/c1-7(2)11(18-12(20)8(15)6-10(16)19)13(21)17-9(14(22)23)4-5-24-3/h7-9,11H,4-6,15H2,1-3H3,(H2,16,19)(H,17,21)(H,18,20)(H,22,23). The Labute approximate surface area is 145 Å². The van der Waals surface area contributed by atoms with Gasteiger partial charge >= 0.3 is 5.97 Å². The molecule has 0 aliphatic rings. The molecule has 138 valence electrons. The van der Waals surface area contributed by atoms with Gasteiger partial charge in [-0.05, 0) is 24.3 Å². The van der Waals surface area contributed by atoms with Gasteiger partial charge < -0.3 is 27.2 Å². The van der Waals surface area contributed by atoms with Gasteiger partial charge in [-0.15, -0.1) is 0 Å². The van der Waals surface area contributed by atoms with Crippen molar-refractivity contribution in [2.75, 3.05) is 12.0 Å². The van der Waals surface area contributed by atoms with E-state index in [-0.39, 0.29) is 18.8 Å². The van der Waals surface area contributed by atoms with E-state index in [1.54, 1.807) is 13.8 Å². The first-order chi connectivity index (χ1) is 11.1. The molecular weight excluding hydrogens is 336 g/mol. The summed E-state index contributed by atoms with van der Waals surface area (Å²) in [7, 11) is 0. The molecule has 0 spiro atoms. The molecule has 0 aromatic carbocycles. The Morgan fingerprint density at radius 1 is 1.12 bits per heavy atom. The van der Waals surface area contributed by atoms with Crippen LogP contribution in [0.2, 0.25) is 0 Å². The molecule has 7 N–H and O–H groups in total. The molecule has 0 aliphatic heterocycles. The first-order valence-electron chi connectivity index (χ1n) is 7.46. The average molecular weight is 362 g/mol. The van der Waals surface area contributed by atoms with Crippen molar-refractivity contribution in [2.24, 2.45) is 17.4 Å². The van der Waals surface area contributed by atoms with Crippen LogP contribution in [0, 0.1) is 5.92 Å². The van der Waals surface area contributed by atoms with Gasteiger partial charge in [0.05, 0.1) is 12.5 Å². The highest BCUT2D eigenvalue weighted by molar-refractivity contribution is 7.98. The number of carbonyl (C=O) groups excluding carboxylic acids is 3.